The van der Waals surface area contributed by atoms with E-state index in [1.54, 1.807) is 25.4 Å². The van der Waals surface area contributed by atoms with Crippen molar-refractivity contribution in [2.45, 2.75) is 19.8 Å². The number of amides is 1. The van der Waals surface area contributed by atoms with Gasteiger partial charge < -0.3 is 20.5 Å². The standard InChI is InChI=1S/C22H25N5O3/c1-13(16-7-17(22(23)28)20(30-4)9-19(16)29-3)10-25-21-8-18(26-12-27-21)15-6-5-14(2)24-11-15/h5-9,11-13H,10H2,1-4H3,(H2,23,28)(H,25,26,27). The van der Waals surface area contributed by atoms with Gasteiger partial charge in [0, 0.05) is 42.0 Å². The number of aromatic nitrogens is 3. The molecule has 0 bridgehead atoms. The van der Waals surface area contributed by atoms with Crippen LogP contribution in [0, 0.1) is 6.92 Å². The molecule has 1 amide bonds. The number of benzene rings is 1. The van der Waals surface area contributed by atoms with Crippen LogP contribution in [0.15, 0.2) is 42.9 Å². The van der Waals surface area contributed by atoms with Crippen molar-refractivity contribution in [2.75, 3.05) is 26.1 Å². The van der Waals surface area contributed by atoms with Crippen LogP contribution >= 0.6 is 0 Å². The van der Waals surface area contributed by atoms with Gasteiger partial charge in [0.05, 0.1) is 25.5 Å². The number of hydrogen-bond acceptors (Lipinski definition) is 7. The number of primary amides is 1. The monoisotopic (exact) mass is 407 g/mol. The highest BCUT2D eigenvalue weighted by Crippen LogP contribution is 2.33. The molecular formula is C22H25N5O3. The van der Waals surface area contributed by atoms with Crippen LogP contribution in [0.3, 0.4) is 0 Å². The molecule has 3 N–H and O–H groups in total. The lowest BCUT2D eigenvalue weighted by Gasteiger charge is -2.19. The number of ether oxygens (including phenoxy) is 2. The summed E-state index contributed by atoms with van der Waals surface area (Å²) >= 11 is 0. The van der Waals surface area contributed by atoms with Crippen LogP contribution in [0.1, 0.15) is 34.5 Å². The molecule has 0 fully saturated rings. The Balaban J connectivity index is 1.79. The number of aryl methyl sites for hydroxylation is 1. The van der Waals surface area contributed by atoms with Crippen LogP contribution < -0.4 is 20.5 Å². The first-order chi connectivity index (χ1) is 14.4. The van der Waals surface area contributed by atoms with Gasteiger partial charge in [-0.2, -0.15) is 0 Å². The molecule has 3 aromatic rings. The van der Waals surface area contributed by atoms with E-state index in [0.717, 1.165) is 22.5 Å². The van der Waals surface area contributed by atoms with Crippen molar-refractivity contribution < 1.29 is 14.3 Å². The molecule has 0 aliphatic carbocycles. The summed E-state index contributed by atoms with van der Waals surface area (Å²) in [6.07, 6.45) is 3.30. The van der Waals surface area contributed by atoms with Gasteiger partial charge in [0.15, 0.2) is 0 Å². The molecule has 8 heteroatoms. The van der Waals surface area contributed by atoms with E-state index in [2.05, 4.69) is 20.3 Å². The highest BCUT2D eigenvalue weighted by atomic mass is 16.5. The average molecular weight is 407 g/mol. The molecule has 0 aliphatic rings. The predicted octanol–water partition coefficient (Wildman–Crippen LogP) is 3.18. The molecule has 0 aliphatic heterocycles. The maximum atomic E-state index is 11.8. The van der Waals surface area contributed by atoms with Crippen molar-refractivity contribution in [3.63, 3.8) is 0 Å². The van der Waals surface area contributed by atoms with Crippen LogP contribution in [0.25, 0.3) is 11.3 Å². The van der Waals surface area contributed by atoms with E-state index in [1.807, 2.05) is 32.0 Å². The smallest absolute Gasteiger partial charge is 0.252 e. The van der Waals surface area contributed by atoms with E-state index in [9.17, 15) is 4.79 Å². The lowest BCUT2D eigenvalue weighted by atomic mass is 9.96. The molecule has 30 heavy (non-hydrogen) atoms. The van der Waals surface area contributed by atoms with Crippen LogP contribution in [-0.4, -0.2) is 41.6 Å². The minimum absolute atomic E-state index is 0.00316. The Hall–Kier alpha value is -3.68. The SMILES string of the molecule is COc1cc(OC)c(C(C)CNc2cc(-c3ccc(C)nc3)ncn2)cc1C(N)=O. The first-order valence-electron chi connectivity index (χ1n) is 9.47. The molecule has 0 spiro atoms. The first-order valence-corrected chi connectivity index (χ1v) is 9.47. The van der Waals surface area contributed by atoms with Crippen LogP contribution in [0.2, 0.25) is 0 Å². The van der Waals surface area contributed by atoms with Gasteiger partial charge in [0.2, 0.25) is 0 Å². The Morgan fingerprint density at radius 3 is 2.50 bits per heavy atom. The summed E-state index contributed by atoms with van der Waals surface area (Å²) in [6.45, 7) is 4.52. The molecule has 8 nitrogen and oxygen atoms in total. The molecular weight excluding hydrogens is 382 g/mol. The number of rotatable bonds is 8. The summed E-state index contributed by atoms with van der Waals surface area (Å²) in [4.78, 5) is 24.7. The van der Waals surface area contributed by atoms with Crippen LogP contribution in [-0.2, 0) is 0 Å². The number of nitrogens with two attached hydrogens (primary N) is 1. The van der Waals surface area contributed by atoms with Crippen molar-refractivity contribution in [2.24, 2.45) is 5.73 Å². The van der Waals surface area contributed by atoms with E-state index in [4.69, 9.17) is 15.2 Å². The highest BCUT2D eigenvalue weighted by Gasteiger charge is 2.19. The second-order valence-corrected chi connectivity index (χ2v) is 6.92. The average Bonchev–Trinajstić information content (AvgIpc) is 2.77. The third kappa shape index (κ3) is 4.65. The zero-order chi connectivity index (χ0) is 21.7. The minimum Gasteiger partial charge on any atom is -0.496 e. The van der Waals surface area contributed by atoms with Gasteiger partial charge in [-0.15, -0.1) is 0 Å². The zero-order valence-electron chi connectivity index (χ0n) is 17.5. The fraction of sp³-hybridized carbons (Fsp3) is 0.273. The topological polar surface area (TPSA) is 112 Å². The zero-order valence-corrected chi connectivity index (χ0v) is 17.5. The molecule has 1 unspecified atom stereocenters. The maximum absolute atomic E-state index is 11.8. The molecule has 2 heterocycles. The van der Waals surface area contributed by atoms with E-state index in [0.29, 0.717) is 29.4 Å². The fourth-order valence-electron chi connectivity index (χ4n) is 3.10. The van der Waals surface area contributed by atoms with Crippen LogP contribution in [0.4, 0.5) is 5.82 Å². The number of nitrogens with zero attached hydrogens (tertiary/aromatic N) is 3. The van der Waals surface area contributed by atoms with Crippen molar-refractivity contribution in [1.29, 1.82) is 0 Å². The first kappa shape index (κ1) is 21.0. The summed E-state index contributed by atoms with van der Waals surface area (Å²) in [7, 11) is 3.07. The molecule has 0 radical (unpaired) electrons. The van der Waals surface area contributed by atoms with Crippen molar-refractivity contribution in [3.8, 4) is 22.8 Å². The minimum atomic E-state index is -0.553. The van der Waals surface area contributed by atoms with Crippen LogP contribution in [0.5, 0.6) is 11.5 Å². The Morgan fingerprint density at radius 1 is 1.10 bits per heavy atom. The molecule has 3 rings (SSSR count). The Morgan fingerprint density at radius 2 is 1.87 bits per heavy atom. The number of carbonyl (C=O) groups is 1. The second-order valence-electron chi connectivity index (χ2n) is 6.92. The number of anilines is 1. The van der Waals surface area contributed by atoms with E-state index in [-0.39, 0.29) is 5.92 Å². The molecule has 0 saturated heterocycles. The molecule has 0 saturated carbocycles. The van der Waals surface area contributed by atoms with Gasteiger partial charge >= 0.3 is 0 Å². The number of pyridine rings is 1. The quantitative estimate of drug-likeness (QED) is 0.590. The summed E-state index contributed by atoms with van der Waals surface area (Å²) in [6, 6.07) is 9.19. The highest BCUT2D eigenvalue weighted by molar-refractivity contribution is 5.96. The fourth-order valence-corrected chi connectivity index (χ4v) is 3.10. The molecule has 156 valence electrons. The van der Waals surface area contributed by atoms with Gasteiger partial charge in [0.1, 0.15) is 23.6 Å². The lowest BCUT2D eigenvalue weighted by Crippen LogP contribution is -2.16. The third-order valence-corrected chi connectivity index (χ3v) is 4.81. The Kier molecular flexibility index (Phi) is 6.46. The summed E-state index contributed by atoms with van der Waals surface area (Å²) in [5.41, 5.74) is 9.31. The largest absolute Gasteiger partial charge is 0.496 e. The summed E-state index contributed by atoms with van der Waals surface area (Å²) < 4.78 is 10.7. The van der Waals surface area contributed by atoms with Crippen molar-refractivity contribution in [3.05, 3.63) is 59.7 Å². The van der Waals surface area contributed by atoms with Gasteiger partial charge in [0.25, 0.3) is 5.91 Å². The number of carbonyl (C=O) groups excluding carboxylic acids is 1. The van der Waals surface area contributed by atoms with Crippen molar-refractivity contribution >= 4 is 11.7 Å². The predicted molar refractivity (Wildman–Crippen MR) is 115 cm³/mol. The normalized spacial score (nSPS) is 11.6. The number of hydrogen-bond donors (Lipinski definition) is 2. The maximum Gasteiger partial charge on any atom is 0.252 e. The molecule has 2 aromatic heterocycles. The number of methoxy groups -OCH3 is 2. The molecule has 1 aromatic carbocycles. The van der Waals surface area contributed by atoms with Gasteiger partial charge in [-0.1, -0.05) is 6.92 Å². The summed E-state index contributed by atoms with van der Waals surface area (Å²) in [5.74, 6) is 1.15. The van der Waals surface area contributed by atoms with Crippen molar-refractivity contribution in [1.82, 2.24) is 15.0 Å². The Labute approximate surface area is 175 Å². The molecule has 1 atom stereocenters. The Bertz CT molecular complexity index is 1040. The van der Waals surface area contributed by atoms with Gasteiger partial charge in [-0.05, 0) is 30.7 Å². The van der Waals surface area contributed by atoms with E-state index >= 15 is 0 Å². The summed E-state index contributed by atoms with van der Waals surface area (Å²) in [5, 5.41) is 3.32. The third-order valence-electron chi connectivity index (χ3n) is 4.81. The van der Waals surface area contributed by atoms with E-state index in [1.165, 1.54) is 13.4 Å². The lowest BCUT2D eigenvalue weighted by molar-refractivity contribution is 0.0997. The van der Waals surface area contributed by atoms with Gasteiger partial charge in [-0.25, -0.2) is 9.97 Å². The van der Waals surface area contributed by atoms with Gasteiger partial charge in [-0.3, -0.25) is 9.78 Å². The second kappa shape index (κ2) is 9.21. The van der Waals surface area contributed by atoms with E-state index < -0.39 is 5.91 Å². The number of nitrogens with one attached hydrogen (secondary N) is 1.